The van der Waals surface area contributed by atoms with Crippen molar-refractivity contribution in [3.63, 3.8) is 0 Å². The van der Waals surface area contributed by atoms with Gasteiger partial charge in [-0.1, -0.05) is 115 Å². The molecule has 0 atom stereocenters. The third-order valence-corrected chi connectivity index (χ3v) is 10.5. The highest BCUT2D eigenvalue weighted by Crippen LogP contribution is 2.39. The lowest BCUT2D eigenvalue weighted by molar-refractivity contribution is 1.07. The Morgan fingerprint density at radius 1 is 0.283 bits per heavy atom. The van der Waals surface area contributed by atoms with Crippen molar-refractivity contribution in [2.45, 2.75) is 0 Å². The van der Waals surface area contributed by atoms with Gasteiger partial charge >= 0.3 is 0 Å². The number of nitrogens with zero attached hydrogens (tertiary/aromatic N) is 5. The zero-order valence-electron chi connectivity index (χ0n) is 28.6. The molecule has 248 valence electrons. The quantitative estimate of drug-likeness (QED) is 0.182. The van der Waals surface area contributed by atoms with Gasteiger partial charge in [-0.05, 0) is 83.6 Å². The lowest BCUT2D eigenvalue weighted by Gasteiger charge is -2.13. The van der Waals surface area contributed by atoms with Crippen molar-refractivity contribution in [2.75, 3.05) is 0 Å². The number of benzene rings is 8. The van der Waals surface area contributed by atoms with Crippen LogP contribution < -0.4 is 0 Å². The maximum absolute atomic E-state index is 4.69. The van der Waals surface area contributed by atoms with Gasteiger partial charge in [0.25, 0.3) is 0 Å². The molecule has 0 aliphatic rings. The smallest absolute Gasteiger partial charge is 0.168 e. The van der Waals surface area contributed by atoms with Crippen LogP contribution in [-0.4, -0.2) is 23.9 Å². The molecular formula is C48H31N5. The van der Waals surface area contributed by atoms with E-state index in [0.29, 0.717) is 0 Å². The van der Waals surface area contributed by atoms with Crippen LogP contribution in [0.3, 0.4) is 0 Å². The second-order valence-electron chi connectivity index (χ2n) is 13.6. The summed E-state index contributed by atoms with van der Waals surface area (Å²) in [5, 5.41) is 16.8. The van der Waals surface area contributed by atoms with Crippen LogP contribution in [-0.2, 0) is 0 Å². The van der Waals surface area contributed by atoms with Gasteiger partial charge in [-0.3, -0.25) is 4.57 Å². The van der Waals surface area contributed by atoms with Crippen molar-refractivity contribution in [3.05, 3.63) is 188 Å². The minimum atomic E-state index is 0.806. The molecule has 53 heavy (non-hydrogen) atoms. The number of fused-ring (bicyclic) bond motifs is 7. The second-order valence-corrected chi connectivity index (χ2v) is 13.6. The first-order valence-corrected chi connectivity index (χ1v) is 17.9. The largest absolute Gasteiger partial charge is 0.309 e. The van der Waals surface area contributed by atoms with E-state index >= 15 is 0 Å². The predicted octanol–water partition coefficient (Wildman–Crippen LogP) is 11.9. The second kappa shape index (κ2) is 11.7. The Balaban J connectivity index is 1.11. The van der Waals surface area contributed by atoms with E-state index in [0.717, 1.165) is 39.8 Å². The molecule has 0 N–H and O–H groups in total. The Hall–Kier alpha value is -7.24. The predicted molar refractivity (Wildman–Crippen MR) is 218 cm³/mol. The molecule has 3 aromatic heterocycles. The summed E-state index contributed by atoms with van der Waals surface area (Å²) in [6.45, 7) is 0. The zero-order valence-corrected chi connectivity index (χ0v) is 28.6. The minimum Gasteiger partial charge on any atom is -0.309 e. The molecule has 3 heterocycles. The summed E-state index contributed by atoms with van der Waals surface area (Å²) in [6, 6.07) is 66.9. The maximum atomic E-state index is 4.69. The third kappa shape index (κ3) is 4.57. The Labute approximate surface area is 305 Å². The van der Waals surface area contributed by atoms with E-state index in [1.807, 2.05) is 36.4 Å². The van der Waals surface area contributed by atoms with Gasteiger partial charge in [0.15, 0.2) is 11.6 Å². The van der Waals surface area contributed by atoms with Gasteiger partial charge in [-0.25, -0.2) is 0 Å². The maximum Gasteiger partial charge on any atom is 0.168 e. The van der Waals surface area contributed by atoms with Crippen LogP contribution in [0.25, 0.3) is 94.2 Å². The number of rotatable bonds is 5. The van der Waals surface area contributed by atoms with Crippen molar-refractivity contribution < 1.29 is 0 Å². The topological polar surface area (TPSA) is 40.6 Å². The van der Waals surface area contributed by atoms with Crippen LogP contribution in [0.1, 0.15) is 0 Å². The van der Waals surface area contributed by atoms with Crippen LogP contribution in [0.2, 0.25) is 0 Å². The molecule has 11 rings (SSSR count). The first-order valence-electron chi connectivity index (χ1n) is 17.9. The highest BCUT2D eigenvalue weighted by atomic mass is 15.3. The van der Waals surface area contributed by atoms with Gasteiger partial charge in [0.1, 0.15) is 0 Å². The molecule has 0 fully saturated rings. The Morgan fingerprint density at radius 3 is 1.13 bits per heavy atom. The summed E-state index contributed by atoms with van der Waals surface area (Å²) in [6.07, 6.45) is 0. The highest BCUT2D eigenvalue weighted by molar-refractivity contribution is 6.18. The number of aromatic nitrogens is 5. The number of para-hydroxylation sites is 3. The molecule has 0 spiro atoms. The standard InChI is InChI=1S/C48H31N5/c1-4-14-32(15-5-1)47-49-50-48(33-16-6-2-7-17-33)53(47)38-26-24-37(25-27-38)52-44-23-13-11-21-40(44)42-29-34-30-45-41(28-35(34)31-46(42)52)39-20-10-12-22-43(39)51(45)36-18-8-3-9-19-36/h1-31H. The van der Waals surface area contributed by atoms with Crippen LogP contribution in [0.5, 0.6) is 0 Å². The zero-order chi connectivity index (χ0) is 34.9. The summed E-state index contributed by atoms with van der Waals surface area (Å²) in [4.78, 5) is 0. The molecule has 0 aliphatic heterocycles. The van der Waals surface area contributed by atoms with Gasteiger partial charge in [0.05, 0.1) is 22.1 Å². The number of hydrogen-bond acceptors (Lipinski definition) is 2. The average molecular weight is 678 g/mol. The number of hydrogen-bond donors (Lipinski definition) is 0. The third-order valence-electron chi connectivity index (χ3n) is 10.5. The first-order chi connectivity index (χ1) is 26.3. The summed E-state index contributed by atoms with van der Waals surface area (Å²) in [5.41, 5.74) is 10.1. The fourth-order valence-corrected chi connectivity index (χ4v) is 8.14. The molecule has 0 saturated heterocycles. The fourth-order valence-electron chi connectivity index (χ4n) is 8.14. The minimum absolute atomic E-state index is 0.806. The van der Waals surface area contributed by atoms with E-state index in [-0.39, 0.29) is 0 Å². The van der Waals surface area contributed by atoms with Gasteiger partial charge in [0.2, 0.25) is 0 Å². The van der Waals surface area contributed by atoms with Crippen LogP contribution in [0.4, 0.5) is 0 Å². The molecular weight excluding hydrogens is 647 g/mol. The Morgan fingerprint density at radius 2 is 0.660 bits per heavy atom. The van der Waals surface area contributed by atoms with Crippen molar-refractivity contribution in [1.29, 1.82) is 0 Å². The first kappa shape index (κ1) is 29.5. The van der Waals surface area contributed by atoms with Crippen molar-refractivity contribution >= 4 is 54.4 Å². The summed E-state index contributed by atoms with van der Waals surface area (Å²) in [7, 11) is 0. The van der Waals surface area contributed by atoms with Gasteiger partial charge < -0.3 is 9.13 Å². The van der Waals surface area contributed by atoms with E-state index < -0.39 is 0 Å². The van der Waals surface area contributed by atoms with Crippen LogP contribution in [0, 0.1) is 0 Å². The molecule has 0 bridgehead atoms. The van der Waals surface area contributed by atoms with E-state index in [9.17, 15) is 0 Å². The molecule has 5 nitrogen and oxygen atoms in total. The lowest BCUT2D eigenvalue weighted by atomic mass is 10.0. The molecule has 5 heteroatoms. The normalized spacial score (nSPS) is 11.8. The fraction of sp³-hybridized carbons (Fsp3) is 0. The van der Waals surface area contributed by atoms with Gasteiger partial charge in [-0.2, -0.15) is 0 Å². The molecule has 0 aliphatic carbocycles. The van der Waals surface area contributed by atoms with Crippen molar-refractivity contribution in [3.8, 4) is 39.8 Å². The van der Waals surface area contributed by atoms with Gasteiger partial charge in [-0.15, -0.1) is 10.2 Å². The Kier molecular flexibility index (Phi) is 6.48. The molecule has 11 aromatic rings. The molecule has 0 unspecified atom stereocenters. The van der Waals surface area contributed by atoms with Crippen LogP contribution >= 0.6 is 0 Å². The van der Waals surface area contributed by atoms with E-state index in [4.69, 9.17) is 0 Å². The molecule has 8 aromatic carbocycles. The Bertz CT molecular complexity index is 3080. The van der Waals surface area contributed by atoms with Gasteiger partial charge in [0, 0.05) is 49.7 Å². The molecule has 0 radical (unpaired) electrons. The SMILES string of the molecule is c1ccc(-c2nnc(-c3ccccc3)n2-c2ccc(-n3c4ccccc4c4cc5cc6c(cc5cc43)c3ccccc3n6-c3ccccc3)cc2)cc1. The summed E-state index contributed by atoms with van der Waals surface area (Å²) in [5.74, 6) is 1.61. The van der Waals surface area contributed by atoms with Crippen LogP contribution in [0.15, 0.2) is 188 Å². The van der Waals surface area contributed by atoms with E-state index in [1.165, 1.54) is 54.4 Å². The monoisotopic (exact) mass is 677 g/mol. The average Bonchev–Trinajstić information content (AvgIpc) is 3.91. The molecule has 0 saturated carbocycles. The summed E-state index contributed by atoms with van der Waals surface area (Å²) < 4.78 is 6.94. The van der Waals surface area contributed by atoms with E-state index in [1.54, 1.807) is 0 Å². The summed E-state index contributed by atoms with van der Waals surface area (Å²) >= 11 is 0. The van der Waals surface area contributed by atoms with Crippen molar-refractivity contribution in [2.24, 2.45) is 0 Å². The van der Waals surface area contributed by atoms with E-state index in [2.05, 4.69) is 176 Å². The highest BCUT2D eigenvalue weighted by Gasteiger charge is 2.19. The lowest BCUT2D eigenvalue weighted by Crippen LogP contribution is -2.01. The molecule has 0 amide bonds. The van der Waals surface area contributed by atoms with Crippen molar-refractivity contribution in [1.82, 2.24) is 23.9 Å².